The fourth-order valence-electron chi connectivity index (χ4n) is 8.92. The number of carbonyl (C=O) groups is 2. The quantitative estimate of drug-likeness (QED) is 0.0596. The lowest BCUT2D eigenvalue weighted by atomic mass is 9.79. The maximum absolute atomic E-state index is 14.7. The van der Waals surface area contributed by atoms with Gasteiger partial charge in [0.1, 0.15) is 34.3 Å². The molecule has 2 saturated carbocycles. The molecule has 74 heavy (non-hydrogen) atoms. The van der Waals surface area contributed by atoms with Gasteiger partial charge in [-0.1, -0.05) is 58.0 Å². The highest BCUT2D eigenvalue weighted by molar-refractivity contribution is 9.10. The molecule has 0 unspecified atom stereocenters. The highest BCUT2D eigenvalue weighted by Gasteiger charge is 2.33. The molecule has 0 saturated heterocycles. The monoisotopic (exact) mass is 1120 g/mol. The van der Waals surface area contributed by atoms with Gasteiger partial charge in [0.2, 0.25) is 11.9 Å². The minimum atomic E-state index is -1.94. The predicted molar refractivity (Wildman–Crippen MR) is 291 cm³/mol. The number of fused-ring (bicyclic) bond motifs is 2. The molecule has 0 bridgehead atoms. The van der Waals surface area contributed by atoms with Gasteiger partial charge in [0, 0.05) is 50.7 Å². The maximum atomic E-state index is 14.7. The van der Waals surface area contributed by atoms with Crippen LogP contribution in [0.15, 0.2) is 77.5 Å². The zero-order chi connectivity index (χ0) is 53.9. The van der Waals surface area contributed by atoms with E-state index in [4.69, 9.17) is 52.2 Å². The van der Waals surface area contributed by atoms with Crippen LogP contribution < -0.4 is 25.6 Å². The second-order valence-electron chi connectivity index (χ2n) is 20.1. The number of halogens is 5. The molecule has 2 heterocycles. The van der Waals surface area contributed by atoms with Crippen molar-refractivity contribution in [3.8, 4) is 22.6 Å². The number of hydrogen-bond acceptors (Lipinski definition) is 14. The number of rotatable bonds is 14. The number of nitrogens with one attached hydrogen (secondary N) is 2. The van der Waals surface area contributed by atoms with E-state index in [-0.39, 0.29) is 62.7 Å². The first kappa shape index (κ1) is 57.9. The van der Waals surface area contributed by atoms with E-state index in [1.54, 1.807) is 19.2 Å². The molecule has 0 radical (unpaired) electrons. The van der Waals surface area contributed by atoms with Gasteiger partial charge in [-0.25, -0.2) is 28.7 Å². The molecule has 2 aliphatic carbocycles. The molecule has 0 amide bonds. The zero-order valence-electron chi connectivity index (χ0n) is 42.9. The Hall–Kier alpha value is -5.40. The Morgan fingerprint density at radius 2 is 1.16 bits per heavy atom. The van der Waals surface area contributed by atoms with E-state index in [9.17, 15) is 18.4 Å². The highest BCUT2D eigenvalue weighted by atomic mass is 79.9. The third-order valence-corrected chi connectivity index (χ3v) is 13.3. The van der Waals surface area contributed by atoms with Crippen LogP contribution in [0, 0.1) is 23.5 Å². The van der Waals surface area contributed by atoms with Crippen LogP contribution in [0.25, 0.3) is 32.9 Å². The van der Waals surface area contributed by atoms with Crippen LogP contribution in [-0.4, -0.2) is 85.5 Å². The van der Waals surface area contributed by atoms with Crippen molar-refractivity contribution >= 4 is 97.4 Å². The third kappa shape index (κ3) is 16.3. The van der Waals surface area contributed by atoms with Crippen LogP contribution in [0.2, 0.25) is 10.0 Å². The minimum Gasteiger partial charge on any atom is -0.492 e. The highest BCUT2D eigenvalue weighted by Crippen LogP contribution is 2.39. The number of nitrogens with zero attached hydrogens (tertiary/aromatic N) is 4. The summed E-state index contributed by atoms with van der Waals surface area (Å²) in [6.45, 7) is 15.7. The van der Waals surface area contributed by atoms with Gasteiger partial charge >= 0.3 is 19.1 Å². The Morgan fingerprint density at radius 3 is 1.65 bits per heavy atom. The SMILES string of the molecule is CC(C)(C)OC(=O)C[C@H]1CCC[C@H]1Nc1ncc2cc(Br)ccc2n1.CCOc1ccc(F)c(-c2ccc3nc(N[C@@H]4CCC[C@@H]4CC(=O)OC(C)(C)C)ncc3c2)c1Cl.CCOc1ccc(F)c(B(O)O)c1Cl. The lowest BCUT2D eigenvalue weighted by molar-refractivity contribution is -0.157. The Kier molecular flexibility index (Phi) is 20.3. The molecule has 0 spiro atoms. The molecule has 8 rings (SSSR count). The zero-order valence-corrected chi connectivity index (χ0v) is 46.0. The number of aromatic nitrogens is 4. The van der Waals surface area contributed by atoms with Crippen molar-refractivity contribution < 1.29 is 47.4 Å². The fourth-order valence-corrected chi connectivity index (χ4v) is 9.92. The summed E-state index contributed by atoms with van der Waals surface area (Å²) in [5.41, 5.74) is 1.26. The van der Waals surface area contributed by atoms with Gasteiger partial charge < -0.3 is 39.6 Å². The van der Waals surface area contributed by atoms with Crippen molar-refractivity contribution in [2.75, 3.05) is 23.8 Å². The molecule has 4 atom stereocenters. The van der Waals surface area contributed by atoms with Crippen molar-refractivity contribution in [1.29, 1.82) is 0 Å². The third-order valence-electron chi connectivity index (χ3n) is 12.1. The van der Waals surface area contributed by atoms with E-state index < -0.39 is 30.0 Å². The van der Waals surface area contributed by atoms with E-state index in [0.717, 1.165) is 70.9 Å². The Balaban J connectivity index is 0.000000198. The second-order valence-corrected chi connectivity index (χ2v) is 21.7. The van der Waals surface area contributed by atoms with Crippen molar-refractivity contribution in [1.82, 2.24) is 19.9 Å². The number of carbonyl (C=O) groups excluding carboxylic acids is 2. The summed E-state index contributed by atoms with van der Waals surface area (Å²) in [5, 5.41) is 26.4. The normalized spacial score (nSPS) is 17.4. The summed E-state index contributed by atoms with van der Waals surface area (Å²) in [4.78, 5) is 42.6. The standard InChI is InChI=1S/C27H31ClFN3O3.C19H24BrN3O2.C8H9BClFO3/c1-5-34-22-12-10-19(29)24(25(22)28)17-9-11-21-18(13-17)15-30-26(32-21)31-20-8-6-7-16(20)14-23(33)35-27(2,3)4;1-19(2,3)25-17(24)10-12-5-4-6-15(12)22-18-21-11-13-9-14(20)7-8-16(13)23-18;1-2-14-6-4-3-5(11)7(8(6)10)9(12)13/h9-13,15-16,20H,5-8,14H2,1-4H3,(H,30,31,32);7-9,11-12,15H,4-6,10H2,1-3H3,(H,21,22,23);3-4,12-13H,2H2,1H3/t16-,20-;12-,15-;/m11./s1. The topological polar surface area (TPSA) is 187 Å². The van der Waals surface area contributed by atoms with E-state index in [1.165, 1.54) is 18.2 Å². The van der Waals surface area contributed by atoms with E-state index in [1.807, 2.05) is 85.0 Å². The average Bonchev–Trinajstić information content (AvgIpc) is 3.95. The smallest absolute Gasteiger partial charge is 0.492 e. The molecule has 4 N–H and O–H groups in total. The lowest BCUT2D eigenvalue weighted by Crippen LogP contribution is -2.34. The summed E-state index contributed by atoms with van der Waals surface area (Å²) in [6.07, 6.45) is 10.4. The van der Waals surface area contributed by atoms with E-state index in [2.05, 4.69) is 46.5 Å². The van der Waals surface area contributed by atoms with Crippen LogP contribution in [-0.2, 0) is 19.1 Å². The van der Waals surface area contributed by atoms with Crippen LogP contribution in [0.1, 0.15) is 107 Å². The van der Waals surface area contributed by atoms with Crippen molar-refractivity contribution in [3.63, 3.8) is 0 Å². The number of ether oxygens (including phenoxy) is 4. The van der Waals surface area contributed by atoms with Crippen LogP contribution in [0.3, 0.4) is 0 Å². The van der Waals surface area contributed by atoms with Crippen LogP contribution >= 0.6 is 39.1 Å². The fraction of sp³-hybridized carbons (Fsp3) is 0.444. The summed E-state index contributed by atoms with van der Waals surface area (Å²) >= 11 is 15.6. The molecular formula is C54H64BBrCl2F2N6O8. The van der Waals surface area contributed by atoms with Gasteiger partial charge in [-0.3, -0.25) is 9.59 Å². The maximum Gasteiger partial charge on any atom is 0.493 e. The van der Waals surface area contributed by atoms with Gasteiger partial charge in [-0.15, -0.1) is 0 Å². The van der Waals surface area contributed by atoms with Gasteiger partial charge in [0.25, 0.3) is 0 Å². The Labute approximate surface area is 449 Å². The summed E-state index contributed by atoms with van der Waals surface area (Å²) in [5.74, 6) is 0.747. The van der Waals surface area contributed by atoms with Crippen molar-refractivity contribution in [3.05, 3.63) is 99.2 Å². The van der Waals surface area contributed by atoms with Crippen LogP contribution in [0.4, 0.5) is 20.7 Å². The van der Waals surface area contributed by atoms with Crippen LogP contribution in [0.5, 0.6) is 11.5 Å². The molecule has 14 nitrogen and oxygen atoms in total. The molecular weight excluding hydrogens is 1060 g/mol. The predicted octanol–water partition coefficient (Wildman–Crippen LogP) is 12.1. The number of esters is 2. The molecule has 20 heteroatoms. The first-order chi connectivity index (χ1) is 35.0. The molecule has 2 aromatic heterocycles. The first-order valence-corrected chi connectivity index (χ1v) is 26.3. The van der Waals surface area contributed by atoms with Gasteiger partial charge in [0.05, 0.1) is 47.1 Å². The molecule has 396 valence electrons. The first-order valence-electron chi connectivity index (χ1n) is 24.8. The second kappa shape index (κ2) is 25.9. The van der Waals surface area contributed by atoms with Crippen molar-refractivity contribution in [2.24, 2.45) is 11.8 Å². The van der Waals surface area contributed by atoms with Gasteiger partial charge in [-0.05, 0) is 153 Å². The summed E-state index contributed by atoms with van der Waals surface area (Å²) < 4.78 is 50.3. The molecule has 2 aliphatic rings. The average molecular weight is 1120 g/mol. The van der Waals surface area contributed by atoms with Crippen molar-refractivity contribution in [2.45, 2.75) is 130 Å². The Bertz CT molecular complexity index is 2910. The molecule has 2 fully saturated rings. The van der Waals surface area contributed by atoms with Gasteiger partial charge in [0.15, 0.2) is 0 Å². The van der Waals surface area contributed by atoms with Gasteiger partial charge in [-0.2, -0.15) is 0 Å². The number of anilines is 2. The minimum absolute atomic E-state index is 0.105. The molecule has 0 aliphatic heterocycles. The molecule has 6 aromatic rings. The Morgan fingerprint density at radius 1 is 0.689 bits per heavy atom. The molecule has 4 aromatic carbocycles. The number of benzene rings is 4. The summed E-state index contributed by atoms with van der Waals surface area (Å²) in [7, 11) is -1.94. The lowest BCUT2D eigenvalue weighted by Gasteiger charge is -2.24. The van der Waals surface area contributed by atoms with E-state index >= 15 is 0 Å². The number of hydrogen-bond donors (Lipinski definition) is 4. The summed E-state index contributed by atoms with van der Waals surface area (Å²) in [6, 6.07) is 17.0. The largest absolute Gasteiger partial charge is 0.493 e. The van der Waals surface area contributed by atoms with E-state index in [0.29, 0.717) is 49.3 Å².